The maximum atomic E-state index is 11.5. The van der Waals surface area contributed by atoms with E-state index in [1.165, 1.54) is 0 Å². The van der Waals surface area contributed by atoms with Crippen LogP contribution in [0.25, 0.3) is 0 Å². The third-order valence-electron chi connectivity index (χ3n) is 0.986. The second-order valence-electron chi connectivity index (χ2n) is 2.28. The van der Waals surface area contributed by atoms with Crippen LogP contribution in [0.2, 0.25) is 0 Å². The Morgan fingerprint density at radius 3 is 2.08 bits per heavy atom. The van der Waals surface area contributed by atoms with Gasteiger partial charge in [-0.15, -0.1) is 0 Å². The van der Waals surface area contributed by atoms with Gasteiger partial charge in [-0.25, -0.2) is 0 Å². The third kappa shape index (κ3) is 9.71. The summed E-state index contributed by atoms with van der Waals surface area (Å²) in [6.45, 7) is 1.53. The second-order valence-corrected chi connectivity index (χ2v) is 2.28. The summed E-state index contributed by atoms with van der Waals surface area (Å²) in [6.07, 6.45) is -3.37. The van der Waals surface area contributed by atoms with E-state index in [0.717, 1.165) is 6.42 Å². The van der Waals surface area contributed by atoms with E-state index in [1.54, 1.807) is 0 Å². The van der Waals surface area contributed by atoms with Gasteiger partial charge in [0.25, 0.3) is 0 Å². The lowest BCUT2D eigenvalue weighted by atomic mass is 10.5. The zero-order valence-electron chi connectivity index (χ0n) is 6.99. The molecule has 0 aromatic heterocycles. The lowest BCUT2D eigenvalue weighted by Gasteiger charge is -2.07. The monoisotopic (exact) mass is 186 g/mol. The molecule has 0 spiro atoms. The highest BCUT2D eigenvalue weighted by Crippen LogP contribution is 2.13. The second kappa shape index (κ2) is 6.25. The Kier molecular flexibility index (Phi) is 6.10. The van der Waals surface area contributed by atoms with E-state index in [-0.39, 0.29) is 13.2 Å². The molecular formula is C7H13F3O2. The zero-order chi connectivity index (χ0) is 9.45. The largest absolute Gasteiger partial charge is 0.411 e. The van der Waals surface area contributed by atoms with Gasteiger partial charge in [-0.05, 0) is 6.42 Å². The Bertz CT molecular complexity index is 103. The van der Waals surface area contributed by atoms with Crippen molar-refractivity contribution < 1.29 is 22.6 Å². The Morgan fingerprint density at radius 2 is 1.58 bits per heavy atom. The van der Waals surface area contributed by atoms with E-state index in [0.29, 0.717) is 6.61 Å². The molecule has 12 heavy (non-hydrogen) atoms. The van der Waals surface area contributed by atoms with Crippen LogP contribution in [0.15, 0.2) is 0 Å². The van der Waals surface area contributed by atoms with Gasteiger partial charge >= 0.3 is 6.18 Å². The molecule has 0 fully saturated rings. The van der Waals surface area contributed by atoms with E-state index in [9.17, 15) is 13.2 Å². The molecule has 5 heteroatoms. The molecule has 2 nitrogen and oxygen atoms in total. The predicted octanol–water partition coefficient (Wildman–Crippen LogP) is 1.99. The van der Waals surface area contributed by atoms with Gasteiger partial charge in [0.15, 0.2) is 0 Å². The topological polar surface area (TPSA) is 18.5 Å². The van der Waals surface area contributed by atoms with Gasteiger partial charge in [-0.2, -0.15) is 13.2 Å². The molecule has 0 atom stereocenters. The van der Waals surface area contributed by atoms with Crippen LogP contribution in [0.3, 0.4) is 0 Å². The first kappa shape index (κ1) is 11.7. The molecular weight excluding hydrogens is 173 g/mol. The zero-order valence-corrected chi connectivity index (χ0v) is 6.99. The van der Waals surface area contributed by atoms with Crippen LogP contribution in [-0.2, 0) is 9.47 Å². The van der Waals surface area contributed by atoms with Crippen LogP contribution in [0.5, 0.6) is 0 Å². The average Bonchev–Trinajstić information content (AvgIpc) is 1.94. The van der Waals surface area contributed by atoms with Crippen molar-refractivity contribution in [3.05, 3.63) is 0 Å². The number of halogens is 3. The van der Waals surface area contributed by atoms with Gasteiger partial charge in [-0.3, -0.25) is 0 Å². The van der Waals surface area contributed by atoms with Crippen molar-refractivity contribution in [1.82, 2.24) is 0 Å². The minimum atomic E-state index is -4.23. The highest BCUT2D eigenvalue weighted by molar-refractivity contribution is 4.44. The van der Waals surface area contributed by atoms with Crippen LogP contribution in [-0.4, -0.2) is 32.6 Å². The maximum absolute atomic E-state index is 11.5. The van der Waals surface area contributed by atoms with Crippen LogP contribution in [0.1, 0.15) is 13.3 Å². The normalized spacial score (nSPS) is 12.0. The molecule has 0 aliphatic heterocycles. The first-order chi connectivity index (χ1) is 5.56. The molecule has 0 unspecified atom stereocenters. The quantitative estimate of drug-likeness (QED) is 0.590. The first-order valence-electron chi connectivity index (χ1n) is 3.78. The minimum absolute atomic E-state index is 0.000486. The van der Waals surface area contributed by atoms with Gasteiger partial charge in [0, 0.05) is 6.61 Å². The summed E-state index contributed by atoms with van der Waals surface area (Å²) in [5.41, 5.74) is 0. The molecule has 0 N–H and O–H groups in total. The Labute approximate surface area is 69.7 Å². The fourth-order valence-electron chi connectivity index (χ4n) is 0.552. The minimum Gasteiger partial charge on any atom is -0.379 e. The van der Waals surface area contributed by atoms with Gasteiger partial charge in [-0.1, -0.05) is 6.92 Å². The molecule has 0 aromatic carbocycles. The molecule has 0 radical (unpaired) electrons. The molecule has 0 amide bonds. The van der Waals surface area contributed by atoms with E-state index < -0.39 is 12.8 Å². The maximum Gasteiger partial charge on any atom is 0.411 e. The summed E-state index contributed by atoms with van der Waals surface area (Å²) in [5, 5.41) is 0. The van der Waals surface area contributed by atoms with E-state index in [4.69, 9.17) is 4.74 Å². The van der Waals surface area contributed by atoms with Gasteiger partial charge in [0.1, 0.15) is 6.61 Å². The number of rotatable bonds is 6. The van der Waals surface area contributed by atoms with Crippen molar-refractivity contribution in [2.45, 2.75) is 19.5 Å². The lowest BCUT2D eigenvalue weighted by Crippen LogP contribution is -2.18. The molecule has 0 aliphatic carbocycles. The summed E-state index contributed by atoms with van der Waals surface area (Å²) in [5.74, 6) is 0. The van der Waals surface area contributed by atoms with Crippen LogP contribution in [0, 0.1) is 0 Å². The summed E-state index contributed by atoms with van der Waals surface area (Å²) in [6, 6.07) is 0. The molecule has 0 aromatic rings. The van der Waals surface area contributed by atoms with Crippen molar-refractivity contribution in [2.75, 3.05) is 26.4 Å². The van der Waals surface area contributed by atoms with Crippen molar-refractivity contribution in [3.63, 3.8) is 0 Å². The van der Waals surface area contributed by atoms with Crippen molar-refractivity contribution in [2.24, 2.45) is 0 Å². The summed E-state index contributed by atoms with van der Waals surface area (Å²) in [4.78, 5) is 0. The number of hydrogen-bond donors (Lipinski definition) is 0. The fraction of sp³-hybridized carbons (Fsp3) is 1.00. The molecule has 0 bridgehead atoms. The molecule has 0 saturated heterocycles. The first-order valence-corrected chi connectivity index (χ1v) is 3.78. The molecule has 74 valence electrons. The molecule has 0 rings (SSSR count). The van der Waals surface area contributed by atoms with Gasteiger partial charge in [0.05, 0.1) is 13.2 Å². The average molecular weight is 186 g/mol. The summed E-state index contributed by atoms with van der Waals surface area (Å²) >= 11 is 0. The third-order valence-corrected chi connectivity index (χ3v) is 0.986. The Morgan fingerprint density at radius 1 is 1.00 bits per heavy atom. The summed E-state index contributed by atoms with van der Waals surface area (Å²) < 4.78 is 43.6. The highest BCUT2D eigenvalue weighted by Gasteiger charge is 2.27. The van der Waals surface area contributed by atoms with Crippen LogP contribution in [0.4, 0.5) is 13.2 Å². The van der Waals surface area contributed by atoms with E-state index in [2.05, 4.69) is 4.74 Å². The van der Waals surface area contributed by atoms with Crippen molar-refractivity contribution >= 4 is 0 Å². The smallest absolute Gasteiger partial charge is 0.379 e. The predicted molar refractivity (Wildman–Crippen MR) is 38.0 cm³/mol. The molecule has 0 saturated carbocycles. The Hall–Kier alpha value is -0.290. The number of alkyl halides is 3. The van der Waals surface area contributed by atoms with Gasteiger partial charge in [0.2, 0.25) is 0 Å². The van der Waals surface area contributed by atoms with Gasteiger partial charge < -0.3 is 9.47 Å². The van der Waals surface area contributed by atoms with E-state index >= 15 is 0 Å². The molecule has 0 heterocycles. The van der Waals surface area contributed by atoms with Crippen LogP contribution < -0.4 is 0 Å². The lowest BCUT2D eigenvalue weighted by molar-refractivity contribution is -0.176. The Balaban J connectivity index is 3.01. The van der Waals surface area contributed by atoms with Crippen LogP contribution >= 0.6 is 0 Å². The van der Waals surface area contributed by atoms with Crippen molar-refractivity contribution in [3.8, 4) is 0 Å². The summed E-state index contributed by atoms with van der Waals surface area (Å²) in [7, 11) is 0. The molecule has 0 aliphatic rings. The van der Waals surface area contributed by atoms with Crippen molar-refractivity contribution in [1.29, 1.82) is 0 Å². The number of hydrogen-bond acceptors (Lipinski definition) is 2. The van der Waals surface area contributed by atoms with E-state index in [1.807, 2.05) is 6.92 Å². The fourth-order valence-corrected chi connectivity index (χ4v) is 0.552. The number of ether oxygens (including phenoxy) is 2. The SMILES string of the molecule is CCCOCCOCC(F)(F)F. The standard InChI is InChI=1S/C7H13F3O2/c1-2-3-11-4-5-12-6-7(8,9)10/h2-6H2,1H3. The highest BCUT2D eigenvalue weighted by atomic mass is 19.4.